The lowest BCUT2D eigenvalue weighted by Crippen LogP contribution is -2.38. The quantitative estimate of drug-likeness (QED) is 0.158. The monoisotopic (exact) mass is 483 g/mol. The Morgan fingerprint density at radius 1 is 1.03 bits per heavy atom. The van der Waals surface area contributed by atoms with Crippen molar-refractivity contribution in [3.8, 4) is 5.75 Å². The summed E-state index contributed by atoms with van der Waals surface area (Å²) in [6, 6.07) is 22.2. The van der Waals surface area contributed by atoms with Crippen molar-refractivity contribution in [1.82, 2.24) is 4.90 Å². The van der Waals surface area contributed by atoms with Gasteiger partial charge in [-0.1, -0.05) is 71.7 Å². The lowest BCUT2D eigenvalue weighted by atomic mass is 9.85. The molecule has 33 heavy (non-hydrogen) atoms. The SMILES string of the molecule is C=C[C@H](c1cccc(Cl)c1)C(c1ccc(Cl)cc1)N(Cc1ccccc1OC(C)=O)C(C)O. The zero-order valence-electron chi connectivity index (χ0n) is 18.6. The zero-order chi connectivity index (χ0) is 24.0. The maximum atomic E-state index is 11.6. The van der Waals surface area contributed by atoms with Crippen LogP contribution in [0, 0.1) is 0 Å². The molecule has 0 saturated carbocycles. The summed E-state index contributed by atoms with van der Waals surface area (Å²) < 4.78 is 5.41. The second kappa shape index (κ2) is 11.5. The van der Waals surface area contributed by atoms with Gasteiger partial charge in [0.2, 0.25) is 0 Å². The van der Waals surface area contributed by atoms with Crippen LogP contribution < -0.4 is 4.74 Å². The lowest BCUT2D eigenvalue weighted by Gasteiger charge is -2.39. The topological polar surface area (TPSA) is 49.8 Å². The number of halogens is 2. The highest BCUT2D eigenvalue weighted by Crippen LogP contribution is 2.40. The number of esters is 1. The highest BCUT2D eigenvalue weighted by atomic mass is 35.5. The Hall–Kier alpha value is -2.63. The maximum absolute atomic E-state index is 11.6. The van der Waals surface area contributed by atoms with Crippen molar-refractivity contribution in [2.45, 2.75) is 38.6 Å². The number of nitrogens with zero attached hydrogens (tertiary/aromatic N) is 1. The Kier molecular flexibility index (Phi) is 8.70. The number of rotatable bonds is 9. The maximum Gasteiger partial charge on any atom is 0.308 e. The molecule has 3 rings (SSSR count). The molecule has 0 radical (unpaired) electrons. The van der Waals surface area contributed by atoms with Gasteiger partial charge < -0.3 is 9.84 Å². The van der Waals surface area contributed by atoms with E-state index >= 15 is 0 Å². The summed E-state index contributed by atoms with van der Waals surface area (Å²) in [5, 5.41) is 12.2. The number of hydrogen-bond donors (Lipinski definition) is 1. The van der Waals surface area contributed by atoms with Crippen LogP contribution in [0.1, 0.15) is 42.5 Å². The molecule has 4 nitrogen and oxygen atoms in total. The fraction of sp³-hybridized carbons (Fsp3) is 0.222. The molecule has 0 heterocycles. The molecule has 0 aliphatic heterocycles. The van der Waals surface area contributed by atoms with Crippen LogP contribution in [0.4, 0.5) is 0 Å². The standard InChI is InChI=1S/C27H27Cl2NO3/c1-4-25(21-9-7-10-24(29)16-21)27(20-12-14-23(28)15-13-20)30(18(2)31)17-22-8-5-6-11-26(22)33-19(3)32/h4-16,18,25,27,31H,1,17H2,2-3H3/t18?,25-,27?/m1/s1. The summed E-state index contributed by atoms with van der Waals surface area (Å²) in [5.74, 6) is -0.132. The highest BCUT2D eigenvalue weighted by molar-refractivity contribution is 6.30. The molecule has 0 saturated heterocycles. The molecule has 0 aliphatic carbocycles. The summed E-state index contributed by atoms with van der Waals surface area (Å²) in [7, 11) is 0. The van der Waals surface area contributed by atoms with Crippen molar-refractivity contribution >= 4 is 29.2 Å². The number of para-hydroxylation sites is 1. The van der Waals surface area contributed by atoms with Crippen LogP contribution >= 0.6 is 23.2 Å². The predicted molar refractivity (Wildman–Crippen MR) is 134 cm³/mol. The number of aliphatic hydroxyl groups is 1. The van der Waals surface area contributed by atoms with Gasteiger partial charge in [0.1, 0.15) is 12.0 Å². The van der Waals surface area contributed by atoms with Crippen LogP contribution in [0.3, 0.4) is 0 Å². The van der Waals surface area contributed by atoms with Gasteiger partial charge >= 0.3 is 5.97 Å². The number of hydrogen-bond acceptors (Lipinski definition) is 4. The zero-order valence-corrected chi connectivity index (χ0v) is 20.1. The van der Waals surface area contributed by atoms with Gasteiger partial charge in [0.05, 0.1) is 0 Å². The van der Waals surface area contributed by atoms with Gasteiger partial charge in [0.25, 0.3) is 0 Å². The van der Waals surface area contributed by atoms with E-state index in [-0.39, 0.29) is 12.0 Å². The molecule has 3 aromatic rings. The molecule has 1 N–H and O–H groups in total. The first kappa shape index (κ1) is 25.0. The largest absolute Gasteiger partial charge is 0.426 e. The molecule has 3 atom stereocenters. The second-order valence-electron chi connectivity index (χ2n) is 7.82. The van der Waals surface area contributed by atoms with E-state index in [9.17, 15) is 9.90 Å². The van der Waals surface area contributed by atoms with Gasteiger partial charge in [0.15, 0.2) is 0 Å². The van der Waals surface area contributed by atoms with E-state index in [1.165, 1.54) is 6.92 Å². The summed E-state index contributed by atoms with van der Waals surface area (Å²) in [5.41, 5.74) is 2.70. The lowest BCUT2D eigenvalue weighted by molar-refractivity contribution is -0.132. The van der Waals surface area contributed by atoms with Crippen molar-refractivity contribution < 1.29 is 14.6 Å². The Balaban J connectivity index is 2.11. The van der Waals surface area contributed by atoms with Gasteiger partial charge in [-0.25, -0.2) is 0 Å². The number of carbonyl (C=O) groups excluding carboxylic acids is 1. The van der Waals surface area contributed by atoms with E-state index in [4.69, 9.17) is 27.9 Å². The molecule has 0 amide bonds. The number of benzene rings is 3. The molecular formula is C27H27Cl2NO3. The highest BCUT2D eigenvalue weighted by Gasteiger charge is 2.32. The Morgan fingerprint density at radius 3 is 2.33 bits per heavy atom. The van der Waals surface area contributed by atoms with Crippen LogP contribution in [0.2, 0.25) is 10.0 Å². The van der Waals surface area contributed by atoms with Crippen LogP contribution in [0.15, 0.2) is 85.5 Å². The Labute approximate surface area is 205 Å². The summed E-state index contributed by atoms with van der Waals surface area (Å²) in [6.45, 7) is 7.51. The van der Waals surface area contributed by atoms with Gasteiger partial charge in [-0.15, -0.1) is 6.58 Å². The predicted octanol–water partition coefficient (Wildman–Crippen LogP) is 6.77. The fourth-order valence-electron chi connectivity index (χ4n) is 3.97. The average Bonchev–Trinajstić information content (AvgIpc) is 2.77. The Morgan fingerprint density at radius 2 is 1.73 bits per heavy atom. The van der Waals surface area contributed by atoms with Crippen LogP contribution in [0.25, 0.3) is 0 Å². The molecular weight excluding hydrogens is 457 g/mol. The van der Waals surface area contributed by atoms with Gasteiger partial charge in [0, 0.05) is 41.0 Å². The molecule has 0 spiro atoms. The minimum atomic E-state index is -0.822. The summed E-state index contributed by atoms with van der Waals surface area (Å²) in [6.07, 6.45) is 1.04. The third-order valence-electron chi connectivity index (χ3n) is 5.46. The van der Waals surface area contributed by atoms with E-state index in [1.54, 1.807) is 13.0 Å². The first-order valence-corrected chi connectivity index (χ1v) is 11.4. The van der Waals surface area contributed by atoms with Crippen molar-refractivity contribution in [2.75, 3.05) is 0 Å². The van der Waals surface area contributed by atoms with Crippen LogP contribution in [-0.4, -0.2) is 22.2 Å². The molecule has 2 unspecified atom stereocenters. The van der Waals surface area contributed by atoms with Crippen molar-refractivity contribution in [1.29, 1.82) is 0 Å². The van der Waals surface area contributed by atoms with E-state index in [2.05, 4.69) is 6.58 Å². The van der Waals surface area contributed by atoms with Gasteiger partial charge in [-0.05, 0) is 48.4 Å². The molecule has 3 aromatic carbocycles. The first-order chi connectivity index (χ1) is 15.8. The summed E-state index contributed by atoms with van der Waals surface area (Å²) >= 11 is 12.5. The van der Waals surface area contributed by atoms with E-state index in [0.717, 1.165) is 16.7 Å². The minimum absolute atomic E-state index is 0.194. The van der Waals surface area contributed by atoms with Crippen molar-refractivity contribution in [2.24, 2.45) is 0 Å². The van der Waals surface area contributed by atoms with Crippen LogP contribution in [-0.2, 0) is 11.3 Å². The first-order valence-electron chi connectivity index (χ1n) is 10.6. The smallest absolute Gasteiger partial charge is 0.308 e. The van der Waals surface area contributed by atoms with Crippen molar-refractivity contribution in [3.05, 3.63) is 112 Å². The second-order valence-corrected chi connectivity index (χ2v) is 8.69. The molecule has 0 aromatic heterocycles. The van der Waals surface area contributed by atoms with Gasteiger partial charge in [-0.3, -0.25) is 9.69 Å². The van der Waals surface area contributed by atoms with Crippen LogP contribution in [0.5, 0.6) is 5.75 Å². The van der Waals surface area contributed by atoms with Gasteiger partial charge in [-0.2, -0.15) is 0 Å². The summed E-state index contributed by atoms with van der Waals surface area (Å²) in [4.78, 5) is 13.6. The van der Waals surface area contributed by atoms with E-state index < -0.39 is 12.2 Å². The number of carbonyl (C=O) groups is 1. The molecule has 0 aliphatic rings. The molecule has 172 valence electrons. The third kappa shape index (κ3) is 6.46. The molecule has 0 bridgehead atoms. The average molecular weight is 484 g/mol. The third-order valence-corrected chi connectivity index (χ3v) is 5.94. The Bertz CT molecular complexity index is 1100. The number of aliphatic hydroxyl groups excluding tert-OH is 1. The van der Waals surface area contributed by atoms with Crippen molar-refractivity contribution in [3.63, 3.8) is 0 Å². The van der Waals surface area contributed by atoms with E-state index in [0.29, 0.717) is 22.3 Å². The van der Waals surface area contributed by atoms with E-state index in [1.807, 2.05) is 77.7 Å². The minimum Gasteiger partial charge on any atom is -0.426 e. The molecule has 0 fully saturated rings. The fourth-order valence-corrected chi connectivity index (χ4v) is 4.30. The number of ether oxygens (including phenoxy) is 1. The normalized spacial score (nSPS) is 13.9. The molecule has 6 heteroatoms.